The molecule has 2 heterocycles. The standard InChI is InChI=1S/C22H23N3O3/c1-14-20(16-9-5-7-11-18(16)27-3)21(25(2)24-14)23-22(26)19-13-12-15-8-4-6-10-17(15)28-19/h4-11,19H,12-13H2,1-3H3,(H,23,26). The highest BCUT2D eigenvalue weighted by molar-refractivity contribution is 5.98. The number of hydrogen-bond donors (Lipinski definition) is 1. The fourth-order valence-corrected chi connectivity index (χ4v) is 3.68. The van der Waals surface area contributed by atoms with Crippen molar-refractivity contribution in [2.24, 2.45) is 7.05 Å². The first-order chi connectivity index (χ1) is 13.6. The second-order valence-electron chi connectivity index (χ2n) is 6.88. The maximum absolute atomic E-state index is 13.0. The van der Waals surface area contributed by atoms with Crippen LogP contribution in [0, 0.1) is 6.92 Å². The molecule has 0 saturated heterocycles. The predicted molar refractivity (Wildman–Crippen MR) is 108 cm³/mol. The molecule has 1 aliphatic heterocycles. The Hall–Kier alpha value is -3.28. The van der Waals surface area contributed by atoms with Crippen LogP contribution in [-0.2, 0) is 18.3 Å². The molecule has 0 saturated carbocycles. The first kappa shape index (κ1) is 18.1. The maximum atomic E-state index is 13.0. The molecule has 0 aliphatic carbocycles. The predicted octanol–water partition coefficient (Wildman–Crippen LogP) is 3.74. The molecule has 144 valence electrons. The molecule has 6 heteroatoms. The molecule has 1 unspecified atom stereocenters. The Morgan fingerprint density at radius 1 is 1.21 bits per heavy atom. The summed E-state index contributed by atoms with van der Waals surface area (Å²) in [5, 5.41) is 7.53. The van der Waals surface area contributed by atoms with Crippen LogP contribution in [0.3, 0.4) is 0 Å². The number of para-hydroxylation sites is 2. The minimum atomic E-state index is -0.532. The van der Waals surface area contributed by atoms with Gasteiger partial charge in [-0.2, -0.15) is 5.10 Å². The van der Waals surface area contributed by atoms with Crippen LogP contribution in [0.15, 0.2) is 48.5 Å². The molecule has 1 aromatic heterocycles. The zero-order valence-electron chi connectivity index (χ0n) is 16.2. The number of amides is 1. The molecule has 0 spiro atoms. The zero-order valence-corrected chi connectivity index (χ0v) is 16.2. The van der Waals surface area contributed by atoms with Crippen LogP contribution in [0.2, 0.25) is 0 Å². The van der Waals surface area contributed by atoms with E-state index in [1.165, 1.54) is 0 Å². The number of aryl methyl sites for hydroxylation is 3. The Bertz CT molecular complexity index is 1030. The molecule has 1 N–H and O–H groups in total. The highest BCUT2D eigenvalue weighted by atomic mass is 16.5. The van der Waals surface area contributed by atoms with Gasteiger partial charge in [-0.25, -0.2) is 0 Å². The molecule has 6 nitrogen and oxygen atoms in total. The van der Waals surface area contributed by atoms with Crippen molar-refractivity contribution < 1.29 is 14.3 Å². The molecule has 1 amide bonds. The molecule has 2 aromatic carbocycles. The van der Waals surface area contributed by atoms with E-state index in [1.54, 1.807) is 11.8 Å². The minimum absolute atomic E-state index is 0.173. The lowest BCUT2D eigenvalue weighted by Gasteiger charge is -2.25. The SMILES string of the molecule is COc1ccccc1-c1c(C)nn(C)c1NC(=O)C1CCc2ccccc2O1. The van der Waals surface area contributed by atoms with E-state index in [4.69, 9.17) is 9.47 Å². The van der Waals surface area contributed by atoms with E-state index in [2.05, 4.69) is 10.4 Å². The number of benzene rings is 2. The quantitative estimate of drug-likeness (QED) is 0.752. The number of ether oxygens (including phenoxy) is 2. The second kappa shape index (κ2) is 7.38. The maximum Gasteiger partial charge on any atom is 0.266 e. The van der Waals surface area contributed by atoms with E-state index in [1.807, 2.05) is 62.5 Å². The van der Waals surface area contributed by atoms with E-state index in [0.717, 1.165) is 40.3 Å². The van der Waals surface area contributed by atoms with Gasteiger partial charge in [-0.15, -0.1) is 0 Å². The first-order valence-corrected chi connectivity index (χ1v) is 9.31. The van der Waals surface area contributed by atoms with Gasteiger partial charge in [-0.1, -0.05) is 36.4 Å². The van der Waals surface area contributed by atoms with E-state index in [9.17, 15) is 4.79 Å². The smallest absolute Gasteiger partial charge is 0.266 e. The van der Waals surface area contributed by atoms with Gasteiger partial charge in [0.1, 0.15) is 17.3 Å². The van der Waals surface area contributed by atoms with Crippen LogP contribution < -0.4 is 14.8 Å². The van der Waals surface area contributed by atoms with Gasteiger partial charge in [0.15, 0.2) is 6.10 Å². The minimum Gasteiger partial charge on any atom is -0.496 e. The summed E-state index contributed by atoms with van der Waals surface area (Å²) in [6.45, 7) is 1.92. The molecule has 1 aliphatic rings. The highest BCUT2D eigenvalue weighted by Crippen LogP contribution is 2.37. The lowest BCUT2D eigenvalue weighted by Crippen LogP contribution is -2.36. The van der Waals surface area contributed by atoms with Crippen LogP contribution in [0.1, 0.15) is 17.7 Å². The summed E-state index contributed by atoms with van der Waals surface area (Å²) in [6, 6.07) is 15.6. The van der Waals surface area contributed by atoms with Crippen LogP contribution >= 0.6 is 0 Å². The normalized spacial score (nSPS) is 15.5. The van der Waals surface area contributed by atoms with Gasteiger partial charge < -0.3 is 14.8 Å². The zero-order chi connectivity index (χ0) is 19.7. The van der Waals surface area contributed by atoms with Crippen LogP contribution in [-0.4, -0.2) is 28.9 Å². The highest BCUT2D eigenvalue weighted by Gasteiger charge is 2.28. The number of carbonyl (C=O) groups is 1. The van der Waals surface area contributed by atoms with Gasteiger partial charge in [0, 0.05) is 12.6 Å². The van der Waals surface area contributed by atoms with Crippen molar-refractivity contribution in [1.29, 1.82) is 0 Å². The molecule has 1 atom stereocenters. The summed E-state index contributed by atoms with van der Waals surface area (Å²) < 4.78 is 13.1. The van der Waals surface area contributed by atoms with Crippen molar-refractivity contribution in [3.63, 3.8) is 0 Å². The Kier molecular flexibility index (Phi) is 4.77. The summed E-state index contributed by atoms with van der Waals surface area (Å²) in [7, 11) is 3.45. The van der Waals surface area contributed by atoms with Gasteiger partial charge in [0.25, 0.3) is 5.91 Å². The van der Waals surface area contributed by atoms with Gasteiger partial charge in [0.2, 0.25) is 0 Å². The average Bonchev–Trinajstić information content (AvgIpc) is 3.00. The topological polar surface area (TPSA) is 65.4 Å². The Morgan fingerprint density at radius 2 is 1.96 bits per heavy atom. The third kappa shape index (κ3) is 3.22. The number of hydrogen-bond acceptors (Lipinski definition) is 4. The molecule has 4 rings (SSSR count). The molecule has 3 aromatic rings. The first-order valence-electron chi connectivity index (χ1n) is 9.31. The van der Waals surface area contributed by atoms with Crippen molar-refractivity contribution in [2.75, 3.05) is 12.4 Å². The summed E-state index contributed by atoms with van der Waals surface area (Å²) in [5.74, 6) is 1.97. The number of anilines is 1. The number of rotatable bonds is 4. The summed E-state index contributed by atoms with van der Waals surface area (Å²) in [6.07, 6.45) is 0.928. The van der Waals surface area contributed by atoms with Crippen LogP contribution in [0.5, 0.6) is 11.5 Å². The van der Waals surface area contributed by atoms with E-state index in [0.29, 0.717) is 12.2 Å². The van der Waals surface area contributed by atoms with Crippen LogP contribution in [0.25, 0.3) is 11.1 Å². The van der Waals surface area contributed by atoms with Crippen molar-refractivity contribution in [2.45, 2.75) is 25.9 Å². The Balaban J connectivity index is 1.63. The fraction of sp³-hybridized carbons (Fsp3) is 0.273. The van der Waals surface area contributed by atoms with Crippen LogP contribution in [0.4, 0.5) is 5.82 Å². The average molecular weight is 377 g/mol. The number of fused-ring (bicyclic) bond motifs is 1. The van der Waals surface area contributed by atoms with E-state index in [-0.39, 0.29) is 5.91 Å². The third-order valence-electron chi connectivity index (χ3n) is 5.05. The third-order valence-corrected chi connectivity index (χ3v) is 5.05. The lowest BCUT2D eigenvalue weighted by atomic mass is 10.0. The van der Waals surface area contributed by atoms with Gasteiger partial charge in [-0.05, 0) is 37.5 Å². The number of methoxy groups -OCH3 is 1. The second-order valence-corrected chi connectivity index (χ2v) is 6.88. The largest absolute Gasteiger partial charge is 0.496 e. The fourth-order valence-electron chi connectivity index (χ4n) is 3.68. The van der Waals surface area contributed by atoms with E-state index < -0.39 is 6.10 Å². The number of nitrogens with zero attached hydrogens (tertiary/aromatic N) is 2. The molecule has 0 fully saturated rings. The summed E-state index contributed by atoms with van der Waals surface area (Å²) in [5.41, 5.74) is 3.69. The molecule has 0 radical (unpaired) electrons. The van der Waals surface area contributed by atoms with Gasteiger partial charge in [-0.3, -0.25) is 9.48 Å². The molecule has 0 bridgehead atoms. The summed E-state index contributed by atoms with van der Waals surface area (Å²) in [4.78, 5) is 13.0. The van der Waals surface area contributed by atoms with Crippen molar-refractivity contribution >= 4 is 11.7 Å². The van der Waals surface area contributed by atoms with Gasteiger partial charge in [0.05, 0.1) is 18.4 Å². The Morgan fingerprint density at radius 3 is 2.79 bits per heavy atom. The summed E-state index contributed by atoms with van der Waals surface area (Å²) >= 11 is 0. The molecular formula is C22H23N3O3. The van der Waals surface area contributed by atoms with Crippen molar-refractivity contribution in [3.8, 4) is 22.6 Å². The molecule has 28 heavy (non-hydrogen) atoms. The van der Waals surface area contributed by atoms with Gasteiger partial charge >= 0.3 is 0 Å². The number of carbonyl (C=O) groups excluding carboxylic acids is 1. The van der Waals surface area contributed by atoms with E-state index >= 15 is 0 Å². The van der Waals surface area contributed by atoms with Crippen molar-refractivity contribution in [3.05, 3.63) is 59.8 Å². The Labute approximate surface area is 164 Å². The number of aromatic nitrogens is 2. The lowest BCUT2D eigenvalue weighted by molar-refractivity contribution is -0.123. The van der Waals surface area contributed by atoms with Crippen molar-refractivity contribution in [1.82, 2.24) is 9.78 Å². The monoisotopic (exact) mass is 377 g/mol. The molecular weight excluding hydrogens is 354 g/mol. The number of nitrogens with one attached hydrogen (secondary N) is 1.